The number of nitrogens with zero attached hydrogens (tertiary/aromatic N) is 4. The van der Waals surface area contributed by atoms with Crippen LogP contribution < -0.4 is 5.73 Å². The van der Waals surface area contributed by atoms with E-state index in [0.29, 0.717) is 12.4 Å². The lowest BCUT2D eigenvalue weighted by Crippen LogP contribution is -2.53. The third-order valence-electron chi connectivity index (χ3n) is 6.10. The van der Waals surface area contributed by atoms with Crippen molar-refractivity contribution in [1.82, 2.24) is 19.8 Å². The average Bonchev–Trinajstić information content (AvgIpc) is 3.20. The number of nitrogens with two attached hydrogens (primary N) is 1. The number of benzene rings is 2. The predicted octanol–water partition coefficient (Wildman–Crippen LogP) is 4.01. The van der Waals surface area contributed by atoms with Crippen molar-refractivity contribution in [3.63, 3.8) is 0 Å². The van der Waals surface area contributed by atoms with Crippen LogP contribution in [-0.2, 0) is 17.8 Å². The summed E-state index contributed by atoms with van der Waals surface area (Å²) in [6.07, 6.45) is 3.54. The summed E-state index contributed by atoms with van der Waals surface area (Å²) < 4.78 is 1.23. The topological polar surface area (TPSA) is 75.3 Å². The summed E-state index contributed by atoms with van der Waals surface area (Å²) in [4.78, 5) is 26.2. The molecule has 164 valence electrons. The number of thiophene rings is 1. The van der Waals surface area contributed by atoms with Crippen molar-refractivity contribution in [3.05, 3.63) is 64.3 Å². The minimum absolute atomic E-state index is 0.115. The highest BCUT2D eigenvalue weighted by molar-refractivity contribution is 7.19. The number of halogens is 1. The van der Waals surface area contributed by atoms with Crippen LogP contribution >= 0.6 is 22.9 Å². The van der Waals surface area contributed by atoms with E-state index in [1.54, 1.807) is 11.3 Å². The second-order valence-corrected chi connectivity index (χ2v) is 9.83. The molecule has 2 N–H and O–H groups in total. The highest BCUT2D eigenvalue weighted by Crippen LogP contribution is 2.29. The van der Waals surface area contributed by atoms with E-state index in [4.69, 9.17) is 17.3 Å². The highest BCUT2D eigenvalue weighted by Gasteiger charge is 2.26. The maximum atomic E-state index is 11.9. The van der Waals surface area contributed by atoms with E-state index in [9.17, 15) is 4.79 Å². The number of carbonyl (C=O) groups is 1. The minimum Gasteiger partial charge on any atom is -0.383 e. The first-order valence-electron chi connectivity index (χ1n) is 10.7. The molecule has 6 nitrogen and oxygen atoms in total. The SMILES string of the molecule is Nc1ncnc2cc(CN3CCN(CCc4cc5ccc(Cl)cc5s4)CC3C=O)ccc12. The fourth-order valence-electron chi connectivity index (χ4n) is 4.34. The number of aldehydes is 1. The Labute approximate surface area is 195 Å². The van der Waals surface area contributed by atoms with Crippen LogP contribution in [0.3, 0.4) is 0 Å². The number of piperazine rings is 1. The number of nitrogen functional groups attached to an aromatic ring is 1. The van der Waals surface area contributed by atoms with Gasteiger partial charge in [0.25, 0.3) is 0 Å². The smallest absolute Gasteiger partial charge is 0.138 e. The van der Waals surface area contributed by atoms with Crippen molar-refractivity contribution in [2.24, 2.45) is 0 Å². The van der Waals surface area contributed by atoms with Crippen molar-refractivity contribution in [2.45, 2.75) is 19.0 Å². The molecule has 1 atom stereocenters. The van der Waals surface area contributed by atoms with Crippen LogP contribution in [0.5, 0.6) is 0 Å². The molecule has 0 bridgehead atoms. The quantitative estimate of drug-likeness (QED) is 0.434. The maximum Gasteiger partial charge on any atom is 0.138 e. The van der Waals surface area contributed by atoms with Gasteiger partial charge in [0.05, 0.1) is 11.6 Å². The number of carbonyl (C=O) groups excluding carboxylic acids is 1. The van der Waals surface area contributed by atoms with Gasteiger partial charge >= 0.3 is 0 Å². The number of fused-ring (bicyclic) bond motifs is 2. The third-order valence-corrected chi connectivity index (χ3v) is 7.49. The molecule has 0 radical (unpaired) electrons. The number of aromatic nitrogens is 2. The largest absolute Gasteiger partial charge is 0.383 e. The molecule has 0 saturated carbocycles. The van der Waals surface area contributed by atoms with Gasteiger partial charge in [-0.1, -0.05) is 23.7 Å². The Morgan fingerprint density at radius 3 is 2.94 bits per heavy atom. The zero-order valence-electron chi connectivity index (χ0n) is 17.6. The summed E-state index contributed by atoms with van der Waals surface area (Å²) in [6, 6.07) is 14.2. The van der Waals surface area contributed by atoms with E-state index in [0.717, 1.165) is 60.4 Å². The second-order valence-electron chi connectivity index (χ2n) is 8.23. The normalized spacial score (nSPS) is 17.8. The Morgan fingerprint density at radius 2 is 2.06 bits per heavy atom. The number of anilines is 1. The van der Waals surface area contributed by atoms with E-state index in [1.807, 2.05) is 30.3 Å². The lowest BCUT2D eigenvalue weighted by Gasteiger charge is -2.39. The van der Waals surface area contributed by atoms with Gasteiger partial charge in [-0.05, 0) is 47.7 Å². The van der Waals surface area contributed by atoms with E-state index >= 15 is 0 Å². The Kier molecular flexibility index (Phi) is 6.06. The van der Waals surface area contributed by atoms with Crippen LogP contribution in [-0.4, -0.2) is 58.3 Å². The maximum absolute atomic E-state index is 11.9. The van der Waals surface area contributed by atoms with Crippen LogP contribution in [0.25, 0.3) is 21.0 Å². The molecule has 0 amide bonds. The lowest BCUT2D eigenvalue weighted by molar-refractivity contribution is -0.114. The average molecular weight is 466 g/mol. The van der Waals surface area contributed by atoms with Crippen molar-refractivity contribution in [2.75, 3.05) is 31.9 Å². The molecular weight excluding hydrogens is 442 g/mol. The van der Waals surface area contributed by atoms with Crippen LogP contribution in [0.4, 0.5) is 5.82 Å². The molecular formula is C24H24ClN5OS. The summed E-state index contributed by atoms with van der Waals surface area (Å²) >= 11 is 7.92. The van der Waals surface area contributed by atoms with Gasteiger partial charge in [-0.15, -0.1) is 11.3 Å². The van der Waals surface area contributed by atoms with Gasteiger partial charge in [0.2, 0.25) is 0 Å². The molecule has 2 aromatic carbocycles. The minimum atomic E-state index is -0.115. The van der Waals surface area contributed by atoms with Gasteiger partial charge in [-0.3, -0.25) is 9.80 Å². The van der Waals surface area contributed by atoms with Gasteiger partial charge in [-0.25, -0.2) is 9.97 Å². The van der Waals surface area contributed by atoms with Crippen LogP contribution in [0, 0.1) is 0 Å². The lowest BCUT2D eigenvalue weighted by atomic mass is 10.1. The van der Waals surface area contributed by atoms with Crippen molar-refractivity contribution in [1.29, 1.82) is 0 Å². The molecule has 1 fully saturated rings. The van der Waals surface area contributed by atoms with Crippen LogP contribution in [0.15, 0.2) is 48.8 Å². The van der Waals surface area contributed by atoms with Crippen LogP contribution in [0.2, 0.25) is 5.02 Å². The molecule has 5 rings (SSSR count). The Hall–Kier alpha value is -2.58. The zero-order chi connectivity index (χ0) is 22.1. The summed E-state index contributed by atoms with van der Waals surface area (Å²) in [7, 11) is 0. The molecule has 8 heteroatoms. The molecule has 1 saturated heterocycles. The van der Waals surface area contributed by atoms with E-state index in [-0.39, 0.29) is 6.04 Å². The fraction of sp³-hybridized carbons (Fsp3) is 0.292. The molecule has 2 aromatic heterocycles. The first-order valence-corrected chi connectivity index (χ1v) is 11.9. The number of hydrogen-bond donors (Lipinski definition) is 1. The van der Waals surface area contributed by atoms with Crippen molar-refractivity contribution < 1.29 is 4.79 Å². The van der Waals surface area contributed by atoms with E-state index in [1.165, 1.54) is 21.3 Å². The zero-order valence-corrected chi connectivity index (χ0v) is 19.1. The Bertz CT molecular complexity index is 1280. The van der Waals surface area contributed by atoms with Gasteiger partial charge < -0.3 is 10.5 Å². The Morgan fingerprint density at radius 1 is 1.16 bits per heavy atom. The molecule has 4 aromatic rings. The number of hydrogen-bond acceptors (Lipinski definition) is 7. The first kappa shape index (κ1) is 21.3. The van der Waals surface area contributed by atoms with Crippen molar-refractivity contribution in [3.8, 4) is 0 Å². The summed E-state index contributed by atoms with van der Waals surface area (Å²) in [6.45, 7) is 4.22. The molecule has 1 unspecified atom stereocenters. The second kappa shape index (κ2) is 9.11. The summed E-state index contributed by atoms with van der Waals surface area (Å²) in [5, 5.41) is 2.88. The van der Waals surface area contributed by atoms with Gasteiger partial charge in [0, 0.05) is 52.7 Å². The third kappa shape index (κ3) is 4.47. The molecule has 3 heterocycles. The van der Waals surface area contributed by atoms with Crippen molar-refractivity contribution >= 4 is 56.0 Å². The van der Waals surface area contributed by atoms with Gasteiger partial charge in [-0.2, -0.15) is 0 Å². The fourth-order valence-corrected chi connectivity index (χ4v) is 5.67. The molecule has 0 spiro atoms. The molecule has 1 aliphatic rings. The summed E-state index contributed by atoms with van der Waals surface area (Å²) in [5.74, 6) is 0.489. The standard InChI is InChI=1S/C24H24ClN5OS/c25-18-3-2-17-10-20(32-23(17)11-18)5-6-29-7-8-30(19(13-29)14-31)12-16-1-4-21-22(9-16)27-15-28-24(21)26/h1-4,9-11,14-15,19H,5-8,12-13H2,(H2,26,27,28). The van der Waals surface area contributed by atoms with Gasteiger partial charge in [0.1, 0.15) is 18.4 Å². The number of rotatable bonds is 6. The molecule has 0 aliphatic carbocycles. The van der Waals surface area contributed by atoms with E-state index < -0.39 is 0 Å². The first-order chi connectivity index (χ1) is 15.6. The molecule has 1 aliphatic heterocycles. The highest BCUT2D eigenvalue weighted by atomic mass is 35.5. The van der Waals surface area contributed by atoms with Gasteiger partial charge in [0.15, 0.2) is 0 Å². The predicted molar refractivity (Wildman–Crippen MR) is 131 cm³/mol. The van der Waals surface area contributed by atoms with Crippen LogP contribution in [0.1, 0.15) is 10.4 Å². The molecule has 32 heavy (non-hydrogen) atoms. The summed E-state index contributed by atoms with van der Waals surface area (Å²) in [5.41, 5.74) is 7.89. The van der Waals surface area contributed by atoms with E-state index in [2.05, 4.69) is 31.9 Å². The Balaban J connectivity index is 1.21. The monoisotopic (exact) mass is 465 g/mol.